The van der Waals surface area contributed by atoms with Crippen LogP contribution in [-0.4, -0.2) is 35.2 Å². The number of ether oxygens (including phenoxy) is 1. The van der Waals surface area contributed by atoms with Gasteiger partial charge in [-0.2, -0.15) is 0 Å². The van der Waals surface area contributed by atoms with Crippen LogP contribution in [-0.2, 0) is 22.6 Å². The number of rotatable bonds is 9. The number of hydrogen-bond donors (Lipinski definition) is 3. The normalized spacial score (nSPS) is 11.7. The second-order valence-corrected chi connectivity index (χ2v) is 6.60. The van der Waals surface area contributed by atoms with Crippen molar-refractivity contribution in [2.24, 2.45) is 0 Å². The van der Waals surface area contributed by atoms with Crippen LogP contribution in [0.3, 0.4) is 0 Å². The van der Waals surface area contributed by atoms with E-state index in [-0.39, 0.29) is 12.5 Å². The van der Waals surface area contributed by atoms with E-state index < -0.39 is 12.0 Å². The number of hydrogen-bond acceptors (Lipinski definition) is 5. The lowest BCUT2D eigenvalue weighted by atomic mass is 10.0. The maximum atomic E-state index is 12.2. The summed E-state index contributed by atoms with van der Waals surface area (Å²) in [4.78, 5) is 28.1. The molecule has 25 heavy (non-hydrogen) atoms. The van der Waals surface area contributed by atoms with Gasteiger partial charge in [0.2, 0.25) is 0 Å². The van der Waals surface area contributed by atoms with Crippen molar-refractivity contribution in [2.75, 3.05) is 12.4 Å². The molecule has 0 radical (unpaired) electrons. The zero-order chi connectivity index (χ0) is 18.1. The molecule has 1 heterocycles. The Bertz CT molecular complexity index is 690. The van der Waals surface area contributed by atoms with Crippen LogP contribution in [0.15, 0.2) is 36.5 Å². The second kappa shape index (κ2) is 9.75. The summed E-state index contributed by atoms with van der Waals surface area (Å²) in [6.45, 7) is 0.441. The Hall–Kier alpha value is -2.45. The standard InChI is InChI=1S/C17H21N3O4S/c1-24-11-14-10-18-17(25-14)20-16(23)19-13(7-8-15(21)22)9-12-5-3-2-4-6-12/h2-6,10,13H,7-9,11H2,1H3,(H,21,22)(H2,18,19,20,23). The summed E-state index contributed by atoms with van der Waals surface area (Å²) in [6.07, 6.45) is 2.56. The Balaban J connectivity index is 1.93. The molecule has 2 aromatic rings. The number of anilines is 1. The molecule has 1 unspecified atom stereocenters. The first-order valence-corrected chi connectivity index (χ1v) is 8.65. The van der Waals surface area contributed by atoms with Crippen molar-refractivity contribution in [3.05, 3.63) is 47.0 Å². The molecule has 0 aliphatic rings. The van der Waals surface area contributed by atoms with E-state index in [1.807, 2.05) is 30.3 Å². The van der Waals surface area contributed by atoms with Gasteiger partial charge in [0.15, 0.2) is 5.13 Å². The fraction of sp³-hybridized carbons (Fsp3) is 0.353. The van der Waals surface area contributed by atoms with Gasteiger partial charge in [-0.25, -0.2) is 9.78 Å². The molecule has 1 aromatic heterocycles. The van der Waals surface area contributed by atoms with Crippen molar-refractivity contribution in [3.63, 3.8) is 0 Å². The Labute approximate surface area is 150 Å². The summed E-state index contributed by atoms with van der Waals surface area (Å²) >= 11 is 1.33. The summed E-state index contributed by atoms with van der Waals surface area (Å²) in [7, 11) is 1.59. The SMILES string of the molecule is COCc1cnc(NC(=O)NC(CCC(=O)O)Cc2ccccc2)s1. The topological polar surface area (TPSA) is 101 Å². The van der Waals surface area contributed by atoms with Crippen LogP contribution < -0.4 is 10.6 Å². The number of carboxylic acids is 1. The van der Waals surface area contributed by atoms with Crippen LogP contribution in [0.2, 0.25) is 0 Å². The van der Waals surface area contributed by atoms with Gasteiger partial charge >= 0.3 is 12.0 Å². The first-order chi connectivity index (χ1) is 12.1. The number of aliphatic carboxylic acids is 1. The maximum absolute atomic E-state index is 12.2. The summed E-state index contributed by atoms with van der Waals surface area (Å²) in [6, 6.07) is 8.96. The van der Waals surface area contributed by atoms with E-state index in [4.69, 9.17) is 9.84 Å². The highest BCUT2D eigenvalue weighted by Gasteiger charge is 2.16. The molecule has 0 aliphatic heterocycles. The molecular weight excluding hydrogens is 342 g/mol. The second-order valence-electron chi connectivity index (χ2n) is 5.48. The number of nitrogens with one attached hydrogen (secondary N) is 2. The lowest BCUT2D eigenvalue weighted by Crippen LogP contribution is -2.39. The zero-order valence-electron chi connectivity index (χ0n) is 13.9. The quantitative estimate of drug-likeness (QED) is 0.636. The zero-order valence-corrected chi connectivity index (χ0v) is 14.7. The molecule has 8 heteroatoms. The van der Waals surface area contributed by atoms with Gasteiger partial charge in [0.05, 0.1) is 11.5 Å². The molecule has 0 bridgehead atoms. The minimum Gasteiger partial charge on any atom is -0.481 e. The predicted molar refractivity (Wildman–Crippen MR) is 95.8 cm³/mol. The van der Waals surface area contributed by atoms with Gasteiger partial charge in [-0.1, -0.05) is 41.7 Å². The number of methoxy groups -OCH3 is 1. The number of carboxylic acid groups (broad SMARTS) is 1. The first-order valence-electron chi connectivity index (χ1n) is 7.83. The lowest BCUT2D eigenvalue weighted by Gasteiger charge is -2.18. The number of aromatic nitrogens is 1. The van der Waals surface area contributed by atoms with E-state index in [0.717, 1.165) is 10.4 Å². The van der Waals surface area contributed by atoms with Gasteiger partial charge in [0, 0.05) is 25.8 Å². The van der Waals surface area contributed by atoms with Crippen molar-refractivity contribution in [1.29, 1.82) is 0 Å². The molecule has 0 spiro atoms. The molecule has 0 saturated heterocycles. The van der Waals surface area contributed by atoms with Gasteiger partial charge in [-0.3, -0.25) is 10.1 Å². The Morgan fingerprint density at radius 1 is 1.32 bits per heavy atom. The van der Waals surface area contributed by atoms with E-state index in [2.05, 4.69) is 15.6 Å². The Morgan fingerprint density at radius 3 is 2.76 bits per heavy atom. The largest absolute Gasteiger partial charge is 0.481 e. The number of thiazole rings is 1. The van der Waals surface area contributed by atoms with Crippen molar-refractivity contribution in [2.45, 2.75) is 31.9 Å². The van der Waals surface area contributed by atoms with Gasteiger partial charge in [0.25, 0.3) is 0 Å². The molecule has 0 saturated carbocycles. The molecule has 2 rings (SSSR count). The van der Waals surface area contributed by atoms with Crippen molar-refractivity contribution in [1.82, 2.24) is 10.3 Å². The highest BCUT2D eigenvalue weighted by Crippen LogP contribution is 2.18. The van der Waals surface area contributed by atoms with Crippen molar-refractivity contribution in [3.8, 4) is 0 Å². The smallest absolute Gasteiger partial charge is 0.321 e. The molecule has 1 aromatic carbocycles. The van der Waals surface area contributed by atoms with Crippen LogP contribution in [0.25, 0.3) is 0 Å². The summed E-state index contributed by atoms with van der Waals surface area (Å²) in [5.74, 6) is -0.885. The average Bonchev–Trinajstić information content (AvgIpc) is 3.01. The highest BCUT2D eigenvalue weighted by atomic mass is 32.1. The van der Waals surface area contributed by atoms with Crippen LogP contribution in [0.4, 0.5) is 9.93 Å². The van der Waals surface area contributed by atoms with Gasteiger partial charge < -0.3 is 15.2 Å². The van der Waals surface area contributed by atoms with E-state index in [0.29, 0.717) is 24.6 Å². The number of carbonyl (C=O) groups excluding carboxylic acids is 1. The highest BCUT2D eigenvalue weighted by molar-refractivity contribution is 7.15. The third kappa shape index (κ3) is 6.90. The molecular formula is C17H21N3O4S. The monoisotopic (exact) mass is 363 g/mol. The molecule has 134 valence electrons. The van der Waals surface area contributed by atoms with Crippen molar-refractivity contribution < 1.29 is 19.4 Å². The van der Waals surface area contributed by atoms with E-state index in [9.17, 15) is 9.59 Å². The van der Waals surface area contributed by atoms with Crippen molar-refractivity contribution >= 4 is 28.5 Å². The molecule has 2 amide bonds. The predicted octanol–water partition coefficient (Wildman–Crippen LogP) is 2.89. The van der Waals surface area contributed by atoms with E-state index >= 15 is 0 Å². The fourth-order valence-corrected chi connectivity index (χ4v) is 3.09. The number of nitrogens with zero attached hydrogens (tertiary/aromatic N) is 1. The summed E-state index contributed by atoms with van der Waals surface area (Å²) < 4.78 is 5.02. The third-order valence-electron chi connectivity index (χ3n) is 3.43. The average molecular weight is 363 g/mol. The third-order valence-corrected chi connectivity index (χ3v) is 4.31. The number of amides is 2. The maximum Gasteiger partial charge on any atom is 0.321 e. The van der Waals surface area contributed by atoms with Crippen LogP contribution >= 0.6 is 11.3 Å². The number of urea groups is 1. The number of benzene rings is 1. The Kier molecular flexibility index (Phi) is 7.36. The molecule has 0 fully saturated rings. The Morgan fingerprint density at radius 2 is 2.08 bits per heavy atom. The minimum atomic E-state index is -0.885. The number of carbonyl (C=O) groups is 2. The summed E-state index contributed by atoms with van der Waals surface area (Å²) in [5.41, 5.74) is 1.04. The van der Waals surface area contributed by atoms with Crippen LogP contribution in [0.1, 0.15) is 23.3 Å². The minimum absolute atomic E-state index is 0.00693. The van der Waals surface area contributed by atoms with Gasteiger partial charge in [-0.05, 0) is 18.4 Å². The van der Waals surface area contributed by atoms with E-state index in [1.165, 1.54) is 11.3 Å². The molecule has 0 aliphatic carbocycles. The first kappa shape index (κ1) is 18.9. The van der Waals surface area contributed by atoms with E-state index in [1.54, 1.807) is 13.3 Å². The molecule has 1 atom stereocenters. The van der Waals surface area contributed by atoms with Gasteiger partial charge in [0.1, 0.15) is 0 Å². The van der Waals surface area contributed by atoms with Crippen LogP contribution in [0, 0.1) is 0 Å². The fourth-order valence-electron chi connectivity index (χ4n) is 2.31. The summed E-state index contributed by atoms with van der Waals surface area (Å²) in [5, 5.41) is 14.9. The molecule has 3 N–H and O–H groups in total. The van der Waals surface area contributed by atoms with Gasteiger partial charge in [-0.15, -0.1) is 0 Å². The molecule has 7 nitrogen and oxygen atoms in total. The lowest BCUT2D eigenvalue weighted by molar-refractivity contribution is -0.137. The van der Waals surface area contributed by atoms with Crippen LogP contribution in [0.5, 0.6) is 0 Å².